The summed E-state index contributed by atoms with van der Waals surface area (Å²) in [5.41, 5.74) is 1.99. The maximum atomic E-state index is 5.97. The molecule has 0 aromatic carbocycles. The number of aromatic nitrogens is 2. The van der Waals surface area contributed by atoms with Crippen LogP contribution in [-0.4, -0.2) is 41.4 Å². The van der Waals surface area contributed by atoms with E-state index in [4.69, 9.17) is 9.47 Å². The smallest absolute Gasteiger partial charge is 0.0951 e. The average Bonchev–Trinajstić information content (AvgIpc) is 2.87. The van der Waals surface area contributed by atoms with Crippen LogP contribution in [0.15, 0.2) is 12.4 Å². The van der Waals surface area contributed by atoms with Crippen LogP contribution < -0.4 is 5.32 Å². The minimum absolute atomic E-state index is 0.0486. The van der Waals surface area contributed by atoms with Crippen molar-refractivity contribution in [2.24, 2.45) is 0 Å². The molecular formula is C15H23N3O2. The summed E-state index contributed by atoms with van der Waals surface area (Å²) >= 11 is 0. The second kappa shape index (κ2) is 5.76. The third-order valence-electron chi connectivity index (χ3n) is 4.38. The molecule has 1 spiro atoms. The number of hydrogen-bond donors (Lipinski definition) is 1. The van der Waals surface area contributed by atoms with Crippen molar-refractivity contribution in [3.8, 4) is 0 Å². The van der Waals surface area contributed by atoms with Crippen molar-refractivity contribution in [3.05, 3.63) is 23.8 Å². The summed E-state index contributed by atoms with van der Waals surface area (Å²) in [5, 5.41) is 3.69. The number of nitrogens with zero attached hydrogens (tertiary/aromatic N) is 2. The zero-order valence-electron chi connectivity index (χ0n) is 12.3. The van der Waals surface area contributed by atoms with E-state index in [-0.39, 0.29) is 11.6 Å². The summed E-state index contributed by atoms with van der Waals surface area (Å²) in [6.07, 6.45) is 6.59. The third kappa shape index (κ3) is 2.85. The van der Waals surface area contributed by atoms with Gasteiger partial charge < -0.3 is 14.8 Å². The fourth-order valence-corrected chi connectivity index (χ4v) is 3.31. The van der Waals surface area contributed by atoms with Crippen LogP contribution in [0.3, 0.4) is 0 Å². The largest absolute Gasteiger partial charge is 0.378 e. The van der Waals surface area contributed by atoms with Gasteiger partial charge in [0.25, 0.3) is 0 Å². The van der Waals surface area contributed by atoms with Gasteiger partial charge in [-0.1, -0.05) is 0 Å². The lowest BCUT2D eigenvalue weighted by atomic mass is 9.89. The van der Waals surface area contributed by atoms with Gasteiger partial charge >= 0.3 is 0 Å². The van der Waals surface area contributed by atoms with Crippen molar-refractivity contribution in [1.82, 2.24) is 15.3 Å². The first-order valence-electron chi connectivity index (χ1n) is 7.44. The van der Waals surface area contributed by atoms with E-state index in [1.54, 1.807) is 12.4 Å². The van der Waals surface area contributed by atoms with Gasteiger partial charge in [-0.05, 0) is 26.7 Å². The van der Waals surface area contributed by atoms with Crippen LogP contribution >= 0.6 is 0 Å². The zero-order valence-corrected chi connectivity index (χ0v) is 12.3. The predicted octanol–water partition coefficient (Wildman–Crippen LogP) is 1.77. The van der Waals surface area contributed by atoms with Crippen LogP contribution in [0.25, 0.3) is 0 Å². The lowest BCUT2D eigenvalue weighted by Gasteiger charge is -2.38. The first-order valence-corrected chi connectivity index (χ1v) is 7.44. The molecule has 5 heteroatoms. The van der Waals surface area contributed by atoms with Crippen LogP contribution in [-0.2, 0) is 9.47 Å². The van der Waals surface area contributed by atoms with E-state index in [0.29, 0.717) is 6.04 Å². The van der Waals surface area contributed by atoms with Gasteiger partial charge in [0.15, 0.2) is 0 Å². The van der Waals surface area contributed by atoms with Gasteiger partial charge in [0.05, 0.1) is 23.6 Å². The van der Waals surface area contributed by atoms with Crippen LogP contribution in [0.1, 0.15) is 43.6 Å². The quantitative estimate of drug-likeness (QED) is 0.912. The third-order valence-corrected chi connectivity index (χ3v) is 4.38. The first kappa shape index (κ1) is 13.9. The topological polar surface area (TPSA) is 56.3 Å². The van der Waals surface area contributed by atoms with E-state index < -0.39 is 0 Å². The lowest BCUT2D eigenvalue weighted by molar-refractivity contribution is -0.0902. The van der Waals surface area contributed by atoms with Gasteiger partial charge in [0, 0.05) is 44.1 Å². The van der Waals surface area contributed by atoms with Gasteiger partial charge in [0.2, 0.25) is 0 Å². The zero-order chi connectivity index (χ0) is 14.0. The molecule has 5 nitrogen and oxygen atoms in total. The fourth-order valence-electron chi connectivity index (χ4n) is 3.31. The number of hydrogen-bond acceptors (Lipinski definition) is 5. The second-order valence-electron chi connectivity index (χ2n) is 5.94. The molecule has 0 bridgehead atoms. The van der Waals surface area contributed by atoms with Gasteiger partial charge in [0.1, 0.15) is 0 Å². The average molecular weight is 277 g/mol. The molecule has 3 atom stereocenters. The molecule has 1 aromatic heterocycles. The van der Waals surface area contributed by atoms with Gasteiger partial charge in [-0.3, -0.25) is 9.97 Å². The standard InChI is InChI=1S/C15H23N3O2/c1-11-14(17-6-5-16-11)12(2)18-13-3-7-20-15(9-13)4-8-19-10-15/h5-6,12-13,18H,3-4,7-10H2,1-2H3/t12-,13+,15+/m0/s1. The Hall–Kier alpha value is -1.04. The van der Waals surface area contributed by atoms with Crippen LogP contribution in [0.5, 0.6) is 0 Å². The minimum atomic E-state index is -0.0486. The lowest BCUT2D eigenvalue weighted by Crippen LogP contribution is -2.48. The van der Waals surface area contributed by atoms with Crippen molar-refractivity contribution in [2.45, 2.75) is 50.8 Å². The Labute approximate surface area is 120 Å². The van der Waals surface area contributed by atoms with Crippen molar-refractivity contribution in [3.63, 3.8) is 0 Å². The molecule has 0 amide bonds. The van der Waals surface area contributed by atoms with E-state index >= 15 is 0 Å². The molecule has 1 N–H and O–H groups in total. The van der Waals surface area contributed by atoms with Gasteiger partial charge in [-0.25, -0.2) is 0 Å². The number of ether oxygens (including phenoxy) is 2. The van der Waals surface area contributed by atoms with E-state index in [1.807, 2.05) is 6.92 Å². The SMILES string of the molecule is Cc1nccnc1[C@H](C)N[C@@H]1CCO[C@]2(CCOC2)C1. The van der Waals surface area contributed by atoms with E-state index in [2.05, 4.69) is 22.2 Å². The van der Waals surface area contributed by atoms with Crippen LogP contribution in [0, 0.1) is 6.92 Å². The summed E-state index contributed by atoms with van der Waals surface area (Å²) in [7, 11) is 0. The molecule has 2 fully saturated rings. The van der Waals surface area contributed by atoms with E-state index in [1.165, 1.54) is 0 Å². The number of nitrogens with one attached hydrogen (secondary N) is 1. The summed E-state index contributed by atoms with van der Waals surface area (Å²) < 4.78 is 11.5. The molecule has 0 unspecified atom stereocenters. The highest BCUT2D eigenvalue weighted by atomic mass is 16.6. The Morgan fingerprint density at radius 2 is 2.20 bits per heavy atom. The number of rotatable bonds is 3. The molecule has 3 heterocycles. The Kier molecular flexibility index (Phi) is 4.01. The molecular weight excluding hydrogens is 254 g/mol. The molecule has 2 aliphatic rings. The van der Waals surface area contributed by atoms with Crippen molar-refractivity contribution >= 4 is 0 Å². The summed E-state index contributed by atoms with van der Waals surface area (Å²) in [6, 6.07) is 0.674. The van der Waals surface area contributed by atoms with Crippen molar-refractivity contribution in [1.29, 1.82) is 0 Å². The van der Waals surface area contributed by atoms with Crippen molar-refractivity contribution < 1.29 is 9.47 Å². The van der Waals surface area contributed by atoms with Gasteiger partial charge in [-0.2, -0.15) is 0 Å². The van der Waals surface area contributed by atoms with Crippen molar-refractivity contribution in [2.75, 3.05) is 19.8 Å². The summed E-state index contributed by atoms with van der Waals surface area (Å²) in [5.74, 6) is 0. The molecule has 3 rings (SSSR count). The van der Waals surface area contributed by atoms with Crippen LogP contribution in [0.2, 0.25) is 0 Å². The molecule has 2 aliphatic heterocycles. The predicted molar refractivity (Wildman–Crippen MR) is 75.5 cm³/mol. The minimum Gasteiger partial charge on any atom is -0.378 e. The maximum Gasteiger partial charge on any atom is 0.0951 e. The molecule has 0 saturated carbocycles. The fraction of sp³-hybridized carbons (Fsp3) is 0.733. The van der Waals surface area contributed by atoms with Crippen LogP contribution in [0.4, 0.5) is 0 Å². The number of aryl methyl sites for hydroxylation is 1. The molecule has 0 aliphatic carbocycles. The Morgan fingerprint density at radius 3 is 2.95 bits per heavy atom. The molecule has 0 radical (unpaired) electrons. The highest BCUT2D eigenvalue weighted by Crippen LogP contribution is 2.33. The maximum absolute atomic E-state index is 5.97. The second-order valence-corrected chi connectivity index (χ2v) is 5.94. The molecule has 20 heavy (non-hydrogen) atoms. The summed E-state index contributed by atoms with van der Waals surface area (Å²) in [4.78, 5) is 8.77. The van der Waals surface area contributed by atoms with Gasteiger partial charge in [-0.15, -0.1) is 0 Å². The molecule has 1 aromatic rings. The Balaban J connectivity index is 1.64. The highest BCUT2D eigenvalue weighted by Gasteiger charge is 2.41. The molecule has 110 valence electrons. The monoisotopic (exact) mass is 277 g/mol. The first-order chi connectivity index (χ1) is 9.69. The van der Waals surface area contributed by atoms with E-state index in [9.17, 15) is 0 Å². The Bertz CT molecular complexity index is 460. The molecule has 2 saturated heterocycles. The highest BCUT2D eigenvalue weighted by molar-refractivity contribution is 5.13. The normalized spacial score (nSPS) is 31.6. The Morgan fingerprint density at radius 1 is 1.35 bits per heavy atom. The van der Waals surface area contributed by atoms with E-state index in [0.717, 1.165) is 50.5 Å². The summed E-state index contributed by atoms with van der Waals surface area (Å²) in [6.45, 7) is 6.55.